The fourth-order valence-corrected chi connectivity index (χ4v) is 3.91. The number of amides is 1. The van der Waals surface area contributed by atoms with E-state index in [0.717, 1.165) is 16.9 Å². The van der Waals surface area contributed by atoms with Crippen molar-refractivity contribution in [3.63, 3.8) is 0 Å². The Morgan fingerprint density at radius 2 is 2.19 bits per heavy atom. The Morgan fingerprint density at radius 3 is 2.92 bits per heavy atom. The van der Waals surface area contributed by atoms with E-state index in [9.17, 15) is 4.79 Å². The molecule has 2 fully saturated rings. The van der Waals surface area contributed by atoms with Crippen LogP contribution in [0.2, 0.25) is 0 Å². The maximum Gasteiger partial charge on any atom is 0.257 e. The van der Waals surface area contributed by atoms with Crippen molar-refractivity contribution in [3.05, 3.63) is 59.9 Å². The number of aromatic nitrogens is 1. The van der Waals surface area contributed by atoms with Gasteiger partial charge >= 0.3 is 0 Å². The molecule has 26 heavy (non-hydrogen) atoms. The van der Waals surface area contributed by atoms with Crippen LogP contribution in [0.25, 0.3) is 0 Å². The average Bonchev–Trinajstić information content (AvgIpc) is 3.11. The summed E-state index contributed by atoms with van der Waals surface area (Å²) in [6.45, 7) is 2.97. The Hall–Kier alpha value is -2.44. The lowest BCUT2D eigenvalue weighted by Gasteiger charge is -2.42. The predicted octanol–water partition coefficient (Wildman–Crippen LogP) is 1.57. The fourth-order valence-electron chi connectivity index (χ4n) is 3.91. The van der Waals surface area contributed by atoms with Crippen molar-refractivity contribution in [1.82, 2.24) is 15.2 Å². The molecule has 2 aliphatic rings. The smallest absolute Gasteiger partial charge is 0.257 e. The van der Waals surface area contributed by atoms with E-state index < -0.39 is 5.60 Å². The standard InChI is InChI=1S/C20H23N3O3/c1-25-17-6-4-15(5-7-17)13-23-9-10-26-20(19(23)24)14-22-12-18(20)16-3-2-8-21-11-16/h2-8,11,18,22H,9-10,12-14H2,1H3/t18-,20-/m0/s1. The first-order chi connectivity index (χ1) is 12.7. The predicted molar refractivity (Wildman–Crippen MR) is 96.9 cm³/mol. The second-order valence-electron chi connectivity index (χ2n) is 6.78. The van der Waals surface area contributed by atoms with Crippen LogP contribution >= 0.6 is 0 Å². The molecule has 0 aliphatic carbocycles. The van der Waals surface area contributed by atoms with Crippen molar-refractivity contribution in [2.24, 2.45) is 0 Å². The summed E-state index contributed by atoms with van der Waals surface area (Å²) < 4.78 is 11.3. The second-order valence-corrected chi connectivity index (χ2v) is 6.78. The van der Waals surface area contributed by atoms with Gasteiger partial charge in [0.1, 0.15) is 5.75 Å². The van der Waals surface area contributed by atoms with Crippen molar-refractivity contribution in [2.75, 3.05) is 33.4 Å². The van der Waals surface area contributed by atoms with Gasteiger partial charge in [-0.05, 0) is 29.3 Å². The lowest BCUT2D eigenvalue weighted by atomic mass is 9.83. The monoisotopic (exact) mass is 353 g/mol. The topological polar surface area (TPSA) is 63.7 Å². The number of ether oxygens (including phenoxy) is 2. The number of pyridine rings is 1. The number of hydrogen-bond donors (Lipinski definition) is 1. The first-order valence-electron chi connectivity index (χ1n) is 8.90. The Kier molecular flexibility index (Phi) is 4.61. The van der Waals surface area contributed by atoms with Crippen LogP contribution in [-0.2, 0) is 16.1 Å². The number of nitrogens with one attached hydrogen (secondary N) is 1. The van der Waals surface area contributed by atoms with Crippen LogP contribution in [0.1, 0.15) is 17.0 Å². The largest absolute Gasteiger partial charge is 0.497 e. The Morgan fingerprint density at radius 1 is 1.35 bits per heavy atom. The van der Waals surface area contributed by atoms with E-state index in [1.54, 1.807) is 13.3 Å². The molecule has 2 saturated heterocycles. The van der Waals surface area contributed by atoms with Gasteiger partial charge in [0.15, 0.2) is 5.60 Å². The van der Waals surface area contributed by atoms with Gasteiger partial charge in [0.2, 0.25) is 0 Å². The molecule has 2 aromatic rings. The van der Waals surface area contributed by atoms with Gasteiger partial charge in [-0.25, -0.2) is 0 Å². The molecule has 0 bridgehead atoms. The quantitative estimate of drug-likeness (QED) is 0.904. The molecule has 6 heteroatoms. The molecule has 0 saturated carbocycles. The Bertz CT molecular complexity index is 766. The maximum atomic E-state index is 13.4. The third-order valence-electron chi connectivity index (χ3n) is 5.29. The van der Waals surface area contributed by atoms with Crippen molar-refractivity contribution in [1.29, 1.82) is 0 Å². The maximum absolute atomic E-state index is 13.4. The number of morpholine rings is 1. The van der Waals surface area contributed by atoms with Gasteiger partial charge in [0.25, 0.3) is 5.91 Å². The van der Waals surface area contributed by atoms with Gasteiger partial charge in [0, 0.05) is 44.5 Å². The molecule has 3 heterocycles. The zero-order valence-corrected chi connectivity index (χ0v) is 14.9. The van der Waals surface area contributed by atoms with Gasteiger partial charge in [-0.1, -0.05) is 18.2 Å². The van der Waals surface area contributed by atoms with Gasteiger partial charge in [-0.15, -0.1) is 0 Å². The Labute approximate surface area is 153 Å². The molecule has 6 nitrogen and oxygen atoms in total. The lowest BCUT2D eigenvalue weighted by Crippen LogP contribution is -2.59. The van der Waals surface area contributed by atoms with Crippen LogP contribution in [0, 0.1) is 0 Å². The first kappa shape index (κ1) is 17.0. The van der Waals surface area contributed by atoms with E-state index in [4.69, 9.17) is 9.47 Å². The minimum Gasteiger partial charge on any atom is -0.497 e. The SMILES string of the molecule is COc1ccc(CN2CCO[C@]3(CNC[C@H]3c3cccnc3)C2=O)cc1. The third-order valence-corrected chi connectivity index (χ3v) is 5.29. The summed E-state index contributed by atoms with van der Waals surface area (Å²) in [5.41, 5.74) is 1.28. The molecule has 0 unspecified atom stereocenters. The minimum atomic E-state index is -0.840. The summed E-state index contributed by atoms with van der Waals surface area (Å²) in [6, 6.07) is 11.8. The van der Waals surface area contributed by atoms with E-state index in [2.05, 4.69) is 10.3 Å². The summed E-state index contributed by atoms with van der Waals surface area (Å²) >= 11 is 0. The molecule has 1 amide bonds. The highest BCUT2D eigenvalue weighted by atomic mass is 16.5. The van der Waals surface area contributed by atoms with E-state index in [1.165, 1.54) is 0 Å². The van der Waals surface area contributed by atoms with Crippen molar-refractivity contribution in [2.45, 2.75) is 18.1 Å². The van der Waals surface area contributed by atoms with Gasteiger partial charge < -0.3 is 19.7 Å². The highest BCUT2D eigenvalue weighted by Gasteiger charge is 2.54. The molecule has 1 aromatic heterocycles. The molecule has 136 valence electrons. The normalized spacial score (nSPS) is 25.7. The molecule has 1 aromatic carbocycles. The fraction of sp³-hybridized carbons (Fsp3) is 0.400. The molecular formula is C20H23N3O3. The molecule has 1 N–H and O–H groups in total. The average molecular weight is 353 g/mol. The van der Waals surface area contributed by atoms with E-state index in [1.807, 2.05) is 47.5 Å². The zero-order chi connectivity index (χ0) is 18.0. The Balaban J connectivity index is 1.57. The number of methoxy groups -OCH3 is 1. The van der Waals surface area contributed by atoms with Crippen LogP contribution in [-0.4, -0.2) is 54.7 Å². The van der Waals surface area contributed by atoms with Crippen LogP contribution in [0.15, 0.2) is 48.8 Å². The van der Waals surface area contributed by atoms with Crippen LogP contribution in [0.3, 0.4) is 0 Å². The minimum absolute atomic E-state index is 0.0256. The van der Waals surface area contributed by atoms with Crippen LogP contribution in [0.4, 0.5) is 0 Å². The number of rotatable bonds is 4. The number of nitrogens with zero attached hydrogens (tertiary/aromatic N) is 2. The van der Waals surface area contributed by atoms with E-state index >= 15 is 0 Å². The molecule has 0 radical (unpaired) electrons. The second kappa shape index (κ2) is 7.05. The summed E-state index contributed by atoms with van der Waals surface area (Å²) in [5.74, 6) is 0.843. The number of carbonyl (C=O) groups excluding carboxylic acids is 1. The van der Waals surface area contributed by atoms with Gasteiger partial charge in [-0.2, -0.15) is 0 Å². The summed E-state index contributed by atoms with van der Waals surface area (Å²) in [7, 11) is 1.65. The first-order valence-corrected chi connectivity index (χ1v) is 8.90. The third kappa shape index (κ3) is 2.95. The number of hydrogen-bond acceptors (Lipinski definition) is 5. The molecule has 1 spiro atoms. The summed E-state index contributed by atoms with van der Waals surface area (Å²) in [6.07, 6.45) is 3.58. The van der Waals surface area contributed by atoms with E-state index in [0.29, 0.717) is 32.8 Å². The van der Waals surface area contributed by atoms with Crippen LogP contribution in [0.5, 0.6) is 5.75 Å². The van der Waals surface area contributed by atoms with Crippen LogP contribution < -0.4 is 10.1 Å². The highest BCUT2D eigenvalue weighted by molar-refractivity contribution is 5.88. The molecule has 2 atom stereocenters. The van der Waals surface area contributed by atoms with Gasteiger partial charge in [-0.3, -0.25) is 9.78 Å². The van der Waals surface area contributed by atoms with E-state index in [-0.39, 0.29) is 11.8 Å². The summed E-state index contributed by atoms with van der Waals surface area (Å²) in [5, 5.41) is 3.34. The van der Waals surface area contributed by atoms with Crippen molar-refractivity contribution in [3.8, 4) is 5.75 Å². The number of carbonyl (C=O) groups is 1. The number of benzene rings is 1. The molecular weight excluding hydrogens is 330 g/mol. The zero-order valence-electron chi connectivity index (χ0n) is 14.9. The van der Waals surface area contributed by atoms with Crippen molar-refractivity contribution < 1.29 is 14.3 Å². The summed E-state index contributed by atoms with van der Waals surface area (Å²) in [4.78, 5) is 19.5. The van der Waals surface area contributed by atoms with Crippen molar-refractivity contribution >= 4 is 5.91 Å². The highest BCUT2D eigenvalue weighted by Crippen LogP contribution is 2.38. The molecule has 4 rings (SSSR count). The van der Waals surface area contributed by atoms with Gasteiger partial charge in [0.05, 0.1) is 13.7 Å². The molecule has 2 aliphatic heterocycles. The lowest BCUT2D eigenvalue weighted by molar-refractivity contribution is -0.172.